The maximum absolute atomic E-state index is 2.59. The van der Waals surface area contributed by atoms with Gasteiger partial charge in [0.2, 0.25) is 0 Å². The van der Waals surface area contributed by atoms with Crippen molar-refractivity contribution in [3.8, 4) is 5.69 Å². The average molecular weight is 469 g/mol. The molecule has 0 amide bonds. The normalized spacial score (nSPS) is 15.2. The second-order valence-electron chi connectivity index (χ2n) is 10.6. The predicted molar refractivity (Wildman–Crippen MR) is 153 cm³/mol. The highest BCUT2D eigenvalue weighted by atomic mass is 32.1. The first-order chi connectivity index (χ1) is 16.5. The minimum Gasteiger partial charge on any atom is -0.315 e. The Morgan fingerprint density at radius 1 is 0.853 bits per heavy atom. The number of aryl methyl sites for hydroxylation is 1. The van der Waals surface area contributed by atoms with Crippen LogP contribution in [0.15, 0.2) is 72.8 Å². The molecule has 0 fully saturated rings. The molecule has 0 saturated heterocycles. The molecule has 2 aliphatic heterocycles. The number of fused-ring (bicyclic) bond motifs is 8. The summed E-state index contributed by atoms with van der Waals surface area (Å²) in [6, 6.07) is 27.7. The van der Waals surface area contributed by atoms with Gasteiger partial charge in [0.15, 0.2) is 0 Å². The van der Waals surface area contributed by atoms with Gasteiger partial charge < -0.3 is 4.57 Å². The number of benzene rings is 4. The van der Waals surface area contributed by atoms with Crippen LogP contribution in [0.5, 0.6) is 0 Å². The predicted octanol–water partition coefficient (Wildman–Crippen LogP) is 4.58. The second-order valence-corrected chi connectivity index (χ2v) is 16.0. The van der Waals surface area contributed by atoms with Gasteiger partial charge in [-0.15, -0.1) is 11.3 Å². The molecule has 2 aromatic heterocycles. The number of rotatable bonds is 0. The number of thiophene rings is 1. The topological polar surface area (TPSA) is 4.93 Å². The summed E-state index contributed by atoms with van der Waals surface area (Å²) in [6.45, 7) is 10.1. The highest BCUT2D eigenvalue weighted by Gasteiger charge is 2.47. The van der Waals surface area contributed by atoms with Gasteiger partial charge in [-0.1, -0.05) is 78.9 Å². The number of aromatic nitrogens is 1. The lowest BCUT2D eigenvalue weighted by atomic mass is 9.38. The summed E-state index contributed by atoms with van der Waals surface area (Å²) in [6.07, 6.45) is 0. The number of nitrogens with zero attached hydrogens (tertiary/aromatic N) is 1. The third-order valence-corrected chi connectivity index (χ3v) is 13.6. The Hall–Kier alpha value is -3.08. The van der Waals surface area contributed by atoms with Gasteiger partial charge in [0.25, 0.3) is 6.71 Å². The first kappa shape index (κ1) is 19.3. The van der Waals surface area contributed by atoms with E-state index in [9.17, 15) is 0 Å². The lowest BCUT2D eigenvalue weighted by molar-refractivity contribution is 1.05. The molecule has 0 N–H and O–H groups in total. The van der Waals surface area contributed by atoms with Crippen LogP contribution >= 0.6 is 11.3 Å². The monoisotopic (exact) mass is 469 g/mol. The van der Waals surface area contributed by atoms with Gasteiger partial charge in [-0.3, -0.25) is 0 Å². The molecule has 0 unspecified atom stereocenters. The fourth-order valence-corrected chi connectivity index (χ4v) is 12.7. The van der Waals surface area contributed by atoms with Gasteiger partial charge in [0, 0.05) is 27.0 Å². The van der Waals surface area contributed by atoms with Crippen LogP contribution in [0.3, 0.4) is 0 Å². The molecule has 0 bridgehead atoms. The molecule has 4 heteroatoms. The highest BCUT2D eigenvalue weighted by molar-refractivity contribution is 7.37. The van der Waals surface area contributed by atoms with E-state index in [1.165, 1.54) is 54.2 Å². The molecule has 8 rings (SSSR count). The van der Waals surface area contributed by atoms with Crippen molar-refractivity contribution in [2.24, 2.45) is 0 Å². The van der Waals surface area contributed by atoms with Crippen LogP contribution in [0.25, 0.3) is 37.4 Å². The lowest BCUT2D eigenvalue weighted by Gasteiger charge is -2.39. The van der Waals surface area contributed by atoms with Crippen molar-refractivity contribution < 1.29 is 0 Å². The Morgan fingerprint density at radius 2 is 1.62 bits per heavy atom. The fraction of sp³-hybridized carbons (Fsp3) is 0.133. The third kappa shape index (κ3) is 2.05. The molecule has 34 heavy (non-hydrogen) atoms. The average Bonchev–Trinajstić information content (AvgIpc) is 3.36. The third-order valence-electron chi connectivity index (χ3n) is 8.64. The van der Waals surface area contributed by atoms with E-state index < -0.39 is 8.07 Å². The zero-order chi connectivity index (χ0) is 22.9. The first-order valence-corrected chi connectivity index (χ1v) is 16.0. The van der Waals surface area contributed by atoms with Crippen LogP contribution in [0.1, 0.15) is 11.3 Å². The zero-order valence-electron chi connectivity index (χ0n) is 19.9. The van der Waals surface area contributed by atoms with E-state index in [4.69, 9.17) is 0 Å². The molecular formula is C30H24BNSSi. The first-order valence-electron chi connectivity index (χ1n) is 12.2. The van der Waals surface area contributed by atoms with Crippen molar-refractivity contribution >= 4 is 84.0 Å². The maximum Gasteiger partial charge on any atom is 0.258 e. The summed E-state index contributed by atoms with van der Waals surface area (Å²) in [5.74, 6) is 0. The summed E-state index contributed by atoms with van der Waals surface area (Å²) >= 11 is 2.04. The van der Waals surface area contributed by atoms with E-state index in [-0.39, 0.29) is 0 Å². The lowest BCUT2D eigenvalue weighted by Crippen LogP contribution is -2.76. The van der Waals surface area contributed by atoms with E-state index in [1.54, 1.807) is 20.6 Å². The Bertz CT molecular complexity index is 1870. The number of hydrogen-bond donors (Lipinski definition) is 0. The van der Waals surface area contributed by atoms with E-state index in [0.29, 0.717) is 6.71 Å². The maximum atomic E-state index is 2.59. The van der Waals surface area contributed by atoms with Crippen LogP contribution in [-0.4, -0.2) is 19.4 Å². The van der Waals surface area contributed by atoms with Crippen molar-refractivity contribution in [3.63, 3.8) is 0 Å². The molecule has 0 aliphatic carbocycles. The van der Waals surface area contributed by atoms with Crippen LogP contribution in [-0.2, 0) is 0 Å². The quantitative estimate of drug-likeness (QED) is 0.287. The summed E-state index contributed by atoms with van der Waals surface area (Å²) in [5.41, 5.74) is 8.68. The number of hydrogen-bond acceptors (Lipinski definition) is 1. The summed E-state index contributed by atoms with van der Waals surface area (Å²) < 4.78 is 5.62. The SMILES string of the molecule is Cc1c(C)n2c3c(cc4ccccc4c13)B1c3sc4ccccc4c3[Si](C)(C)c3cccc-2c31. The van der Waals surface area contributed by atoms with Gasteiger partial charge in [0.05, 0.1) is 0 Å². The summed E-state index contributed by atoms with van der Waals surface area (Å²) in [4.78, 5) is 0. The molecule has 4 heterocycles. The molecule has 0 saturated carbocycles. The molecular weight excluding hydrogens is 445 g/mol. The van der Waals surface area contributed by atoms with E-state index in [1.807, 2.05) is 11.3 Å². The van der Waals surface area contributed by atoms with Crippen LogP contribution in [0.4, 0.5) is 0 Å². The van der Waals surface area contributed by atoms with Gasteiger partial charge in [-0.25, -0.2) is 0 Å². The molecule has 0 radical (unpaired) electrons. The highest BCUT2D eigenvalue weighted by Crippen LogP contribution is 2.36. The Labute approximate surface area is 204 Å². The van der Waals surface area contributed by atoms with Crippen molar-refractivity contribution in [3.05, 3.63) is 84.1 Å². The van der Waals surface area contributed by atoms with Crippen molar-refractivity contribution in [2.75, 3.05) is 0 Å². The van der Waals surface area contributed by atoms with E-state index in [0.717, 1.165) is 0 Å². The molecule has 6 aromatic rings. The zero-order valence-corrected chi connectivity index (χ0v) is 21.7. The molecule has 0 atom stereocenters. The minimum absolute atomic E-state index is 0.312. The molecule has 4 aromatic carbocycles. The molecule has 0 spiro atoms. The van der Waals surface area contributed by atoms with E-state index >= 15 is 0 Å². The van der Waals surface area contributed by atoms with E-state index in [2.05, 4.69) is 104 Å². The van der Waals surface area contributed by atoms with Gasteiger partial charge in [-0.2, -0.15) is 0 Å². The molecule has 1 nitrogen and oxygen atoms in total. The summed E-state index contributed by atoms with van der Waals surface area (Å²) in [7, 11) is -1.87. The largest absolute Gasteiger partial charge is 0.315 e. The van der Waals surface area contributed by atoms with Crippen LogP contribution in [0.2, 0.25) is 13.1 Å². The van der Waals surface area contributed by atoms with Crippen molar-refractivity contribution in [2.45, 2.75) is 26.9 Å². The molecule has 162 valence electrons. The van der Waals surface area contributed by atoms with Crippen LogP contribution < -0.4 is 26.1 Å². The smallest absolute Gasteiger partial charge is 0.258 e. The Morgan fingerprint density at radius 3 is 2.47 bits per heavy atom. The fourth-order valence-electron chi connectivity index (χ4n) is 7.09. The summed E-state index contributed by atoms with van der Waals surface area (Å²) in [5, 5.41) is 8.94. The van der Waals surface area contributed by atoms with Gasteiger partial charge >= 0.3 is 0 Å². The molecule has 2 aliphatic rings. The van der Waals surface area contributed by atoms with Crippen molar-refractivity contribution in [1.82, 2.24) is 4.57 Å². The Balaban J connectivity index is 1.65. The standard InChI is InChI=1S/C30H24BNSSi/c1-17-18(2)32-23-13-9-15-25-27(23)31(22-16-19-10-5-6-11-20(19)26(17)28(22)32)30-29(34(25,3)4)21-12-7-8-14-24(21)33-30/h5-16H,1-4H3. The minimum atomic E-state index is -1.87. The van der Waals surface area contributed by atoms with Gasteiger partial charge in [-0.05, 0) is 68.6 Å². The second kappa shape index (κ2) is 6.13. The Kier molecular flexibility index (Phi) is 3.47. The van der Waals surface area contributed by atoms with Gasteiger partial charge in [0.1, 0.15) is 8.07 Å². The van der Waals surface area contributed by atoms with Crippen LogP contribution in [0, 0.1) is 13.8 Å². The van der Waals surface area contributed by atoms with Crippen molar-refractivity contribution in [1.29, 1.82) is 0 Å².